The van der Waals surface area contributed by atoms with Crippen molar-refractivity contribution in [2.45, 2.75) is 63.7 Å². The lowest BCUT2D eigenvalue weighted by atomic mass is 9.91. The second-order valence-electron chi connectivity index (χ2n) is 16.8. The van der Waals surface area contributed by atoms with Crippen LogP contribution in [0.3, 0.4) is 0 Å². The first-order valence-electron chi connectivity index (χ1n) is 23.4. The Kier molecular flexibility index (Phi) is 18.7. The van der Waals surface area contributed by atoms with Gasteiger partial charge in [0.05, 0.1) is 69.0 Å². The van der Waals surface area contributed by atoms with Crippen molar-refractivity contribution in [2.75, 3.05) is 56.9 Å². The van der Waals surface area contributed by atoms with E-state index in [9.17, 15) is 28.8 Å². The van der Waals surface area contributed by atoms with Crippen molar-refractivity contribution in [1.82, 2.24) is 9.80 Å². The number of benzene rings is 6. The predicted molar refractivity (Wildman–Crippen MR) is 271 cm³/mol. The molecule has 18 heteroatoms. The van der Waals surface area contributed by atoms with Gasteiger partial charge in [-0.05, 0) is 80.9 Å². The average Bonchev–Trinajstić information content (AvgIpc) is 4.00. The molecule has 2 heterocycles. The lowest BCUT2D eigenvalue weighted by Crippen LogP contribution is -2.42. The lowest BCUT2D eigenvalue weighted by Gasteiger charge is -2.34. The molecule has 8 rings (SSSR count). The number of rotatable bonds is 14. The Hall–Kier alpha value is -8.54. The van der Waals surface area contributed by atoms with E-state index in [1.807, 2.05) is 109 Å². The van der Waals surface area contributed by atoms with Crippen LogP contribution in [-0.2, 0) is 48.0 Å². The third kappa shape index (κ3) is 11.9. The molecule has 4 atom stereocenters. The van der Waals surface area contributed by atoms with Gasteiger partial charge >= 0.3 is 23.9 Å². The monoisotopic (exact) mass is 1020 g/mol. The summed E-state index contributed by atoms with van der Waals surface area (Å²) in [5.74, 6) is 0.426. The second kappa shape index (κ2) is 25.2. The molecule has 0 aliphatic carbocycles. The molecule has 6 aromatic carbocycles. The molecule has 6 aromatic rings. The number of nitrogens with zero attached hydrogens (tertiary/aromatic N) is 2. The molecule has 0 unspecified atom stereocenters. The van der Waals surface area contributed by atoms with Crippen molar-refractivity contribution >= 4 is 57.2 Å². The maximum absolute atomic E-state index is 13.2. The van der Waals surface area contributed by atoms with Crippen LogP contribution in [-0.4, -0.2) is 114 Å². The van der Waals surface area contributed by atoms with E-state index in [0.29, 0.717) is 47.3 Å². The third-order valence-corrected chi connectivity index (χ3v) is 12.5. The van der Waals surface area contributed by atoms with Crippen LogP contribution in [0, 0.1) is 0 Å². The van der Waals surface area contributed by atoms with Crippen molar-refractivity contribution in [3.63, 3.8) is 0 Å². The van der Waals surface area contributed by atoms with Crippen molar-refractivity contribution in [1.29, 1.82) is 0 Å². The van der Waals surface area contributed by atoms with Gasteiger partial charge in [0.25, 0.3) is 0 Å². The van der Waals surface area contributed by atoms with Crippen LogP contribution in [0.5, 0.6) is 34.5 Å². The molecule has 0 aromatic heterocycles. The Bertz CT molecular complexity index is 2750. The van der Waals surface area contributed by atoms with E-state index in [1.165, 1.54) is 14.2 Å². The summed E-state index contributed by atoms with van der Waals surface area (Å²) >= 11 is 0. The minimum atomic E-state index is -0.689. The fourth-order valence-electron chi connectivity index (χ4n) is 9.38. The highest BCUT2D eigenvalue weighted by atomic mass is 17.2. The number of carbonyl (C=O) groups excluding carboxylic acids is 6. The molecule has 0 N–H and O–H groups in total. The Morgan fingerprint density at radius 1 is 0.459 bits per heavy atom. The first-order valence-corrected chi connectivity index (χ1v) is 23.4. The highest BCUT2D eigenvalue weighted by Gasteiger charge is 2.44. The number of esters is 2. The molecule has 0 spiro atoms. The summed E-state index contributed by atoms with van der Waals surface area (Å²) in [4.78, 5) is 82.3. The van der Waals surface area contributed by atoms with Gasteiger partial charge in [-0.3, -0.25) is 9.59 Å². The zero-order chi connectivity index (χ0) is 53.6. The Labute approximate surface area is 428 Å². The number of hydrogen-bond donors (Lipinski definition) is 0. The maximum atomic E-state index is 13.2. The van der Waals surface area contributed by atoms with E-state index in [1.54, 1.807) is 52.5 Å². The second-order valence-corrected chi connectivity index (χ2v) is 16.8. The van der Waals surface area contributed by atoms with Crippen LogP contribution in [0.2, 0.25) is 0 Å². The Morgan fingerprint density at radius 3 is 1.08 bits per heavy atom. The molecule has 0 radical (unpaired) electrons. The molecule has 2 aliphatic heterocycles. The molecule has 74 heavy (non-hydrogen) atoms. The molecule has 0 bridgehead atoms. The summed E-state index contributed by atoms with van der Waals surface area (Å²) in [6, 6.07) is 32.7. The summed E-state index contributed by atoms with van der Waals surface area (Å²) in [6.45, 7) is 2.28. The number of ether oxygens (including phenoxy) is 8. The molecule has 2 aliphatic rings. The van der Waals surface area contributed by atoms with Gasteiger partial charge in [0.1, 0.15) is 12.1 Å². The number of methoxy groups -OCH3 is 8. The third-order valence-electron chi connectivity index (χ3n) is 12.5. The quantitative estimate of drug-likeness (QED) is 0.0573. The van der Waals surface area contributed by atoms with Gasteiger partial charge in [0.2, 0.25) is 23.3 Å². The topological polar surface area (TPSA) is 201 Å². The van der Waals surface area contributed by atoms with Crippen molar-refractivity contribution in [2.24, 2.45) is 0 Å². The summed E-state index contributed by atoms with van der Waals surface area (Å²) in [5.41, 5.74) is 3.27. The molecule has 2 amide bonds. The number of amides is 2. The lowest BCUT2D eigenvalue weighted by molar-refractivity contribution is -0.255. The van der Waals surface area contributed by atoms with Crippen LogP contribution < -0.4 is 28.4 Å². The zero-order valence-electron chi connectivity index (χ0n) is 43.0. The Morgan fingerprint density at radius 2 is 0.784 bits per heavy atom. The number of fused-ring (bicyclic) bond motifs is 2. The van der Waals surface area contributed by atoms with Crippen LogP contribution in [0.1, 0.15) is 73.9 Å². The SMILES string of the molecule is CC(=O)OOC(C)=O.COC(=O)[C@@H]1CCC(=O)N1[C@@H](c1cc(OC)c(OC)c(OC)c1)c1cccc2ccccc12.COC(=O)[C@H]1CCC(=O)N1[C@H](c1cc(OC)c(OC)c(OC)c1)c1cccc2ccccc12. The normalized spacial score (nSPS) is 15.6. The van der Waals surface area contributed by atoms with Crippen molar-refractivity contribution < 1.29 is 76.4 Å². The molecular weight excluding hydrogens is 957 g/mol. The average molecular weight is 1020 g/mol. The number of likely N-dealkylation sites (tertiary alicyclic amines) is 2. The first-order chi connectivity index (χ1) is 35.7. The summed E-state index contributed by atoms with van der Waals surface area (Å²) in [7, 11) is 12.0. The first kappa shape index (κ1) is 54.8. The van der Waals surface area contributed by atoms with Crippen molar-refractivity contribution in [3.05, 3.63) is 131 Å². The van der Waals surface area contributed by atoms with Gasteiger partial charge in [-0.1, -0.05) is 84.9 Å². The molecule has 0 saturated carbocycles. The standard InChI is InChI=1S/2C26H27NO6.C4H6O4/c2*1-30-21-14-17(15-22(31-2)25(21)32-3)24(27-20(26(29)33-4)12-13-23(27)28)19-11-7-9-16-8-5-6-10-18(16)19;1-3(5)7-8-4(2)6/h2*5-11,14-15,20,24H,12-13H2,1-4H3;1-2H3/t2*20-,24-;/m10./s1. The fraction of sp³-hybridized carbons (Fsp3) is 0.321. The number of carbonyl (C=O) groups is 6. The molecule has 2 fully saturated rings. The van der Waals surface area contributed by atoms with Gasteiger partial charge in [0, 0.05) is 26.7 Å². The highest BCUT2D eigenvalue weighted by molar-refractivity contribution is 5.93. The fourth-order valence-corrected chi connectivity index (χ4v) is 9.38. The van der Waals surface area contributed by atoms with Crippen LogP contribution >= 0.6 is 0 Å². The highest BCUT2D eigenvalue weighted by Crippen LogP contribution is 2.47. The van der Waals surface area contributed by atoms with E-state index >= 15 is 0 Å². The minimum Gasteiger partial charge on any atom is -0.493 e. The van der Waals surface area contributed by atoms with Gasteiger partial charge in [-0.25, -0.2) is 29.0 Å². The van der Waals surface area contributed by atoms with E-state index in [2.05, 4.69) is 9.78 Å². The zero-order valence-corrected chi connectivity index (χ0v) is 43.0. The molecular formula is C56H60N2O16. The summed E-state index contributed by atoms with van der Waals surface area (Å²) in [6.07, 6.45) is 1.34. The summed E-state index contributed by atoms with van der Waals surface area (Å²) < 4.78 is 43.4. The van der Waals surface area contributed by atoms with E-state index in [4.69, 9.17) is 37.9 Å². The van der Waals surface area contributed by atoms with Gasteiger partial charge in [0.15, 0.2) is 23.0 Å². The van der Waals surface area contributed by atoms with E-state index < -0.39 is 48.0 Å². The Balaban J connectivity index is 0.000000210. The number of hydrogen-bond acceptors (Lipinski definition) is 16. The van der Waals surface area contributed by atoms with Crippen LogP contribution in [0.4, 0.5) is 0 Å². The van der Waals surface area contributed by atoms with Crippen LogP contribution in [0.25, 0.3) is 21.5 Å². The largest absolute Gasteiger partial charge is 0.493 e. The molecule has 390 valence electrons. The van der Waals surface area contributed by atoms with E-state index in [0.717, 1.165) is 57.6 Å². The predicted octanol–water partition coefficient (Wildman–Crippen LogP) is 8.27. The van der Waals surface area contributed by atoms with Gasteiger partial charge in [-0.15, -0.1) is 0 Å². The van der Waals surface area contributed by atoms with E-state index in [-0.39, 0.29) is 24.7 Å². The van der Waals surface area contributed by atoms with Gasteiger partial charge < -0.3 is 47.7 Å². The molecule has 18 nitrogen and oxygen atoms in total. The maximum Gasteiger partial charge on any atom is 0.352 e. The smallest absolute Gasteiger partial charge is 0.352 e. The van der Waals surface area contributed by atoms with Crippen LogP contribution in [0.15, 0.2) is 109 Å². The van der Waals surface area contributed by atoms with Crippen molar-refractivity contribution in [3.8, 4) is 34.5 Å². The minimum absolute atomic E-state index is 0.114. The summed E-state index contributed by atoms with van der Waals surface area (Å²) in [5, 5.41) is 4.05. The molecule has 2 saturated heterocycles. The van der Waals surface area contributed by atoms with Gasteiger partial charge in [-0.2, -0.15) is 0 Å².